The number of likely N-dealkylation sites (tertiary alicyclic amines) is 1. The monoisotopic (exact) mass is 473 g/mol. The number of carbonyl (C=O) groups excluding carboxylic acids is 1. The minimum Gasteiger partial charge on any atom is -0.358 e. The molecular weight excluding hydrogens is 441 g/mol. The molecule has 0 spiro atoms. The van der Waals surface area contributed by atoms with E-state index in [1.807, 2.05) is 7.05 Å². The van der Waals surface area contributed by atoms with Crippen molar-refractivity contribution in [3.05, 3.63) is 35.4 Å². The lowest BCUT2D eigenvalue weighted by Gasteiger charge is -2.32. The van der Waals surface area contributed by atoms with Gasteiger partial charge in [0.1, 0.15) is 0 Å². The molecule has 0 aliphatic carbocycles. The predicted molar refractivity (Wildman–Crippen MR) is 118 cm³/mol. The highest BCUT2D eigenvalue weighted by Crippen LogP contribution is 2.09. The lowest BCUT2D eigenvalue weighted by molar-refractivity contribution is -0.122. The maximum atomic E-state index is 11.4. The fraction of sp³-hybridized carbons (Fsp3) is 0.579. The Balaban J connectivity index is 0.00000338. The smallest absolute Gasteiger partial charge is 0.233 e. The van der Waals surface area contributed by atoms with E-state index in [1.165, 1.54) is 11.1 Å². The number of guanidine groups is 1. The van der Waals surface area contributed by atoms with E-state index in [1.54, 1.807) is 7.05 Å². The Hall–Kier alpha value is -1.35. The van der Waals surface area contributed by atoms with E-state index < -0.39 is 0 Å². The van der Waals surface area contributed by atoms with Crippen LogP contribution in [0.1, 0.15) is 24.0 Å². The number of carbonyl (C=O) groups is 1. The van der Waals surface area contributed by atoms with Crippen LogP contribution in [0.5, 0.6) is 0 Å². The first-order valence-corrected chi connectivity index (χ1v) is 9.06. The van der Waals surface area contributed by atoms with Crippen LogP contribution in [-0.2, 0) is 11.2 Å². The first-order valence-electron chi connectivity index (χ1n) is 9.06. The summed E-state index contributed by atoms with van der Waals surface area (Å²) in [5.41, 5.74) is 2.62. The zero-order chi connectivity index (χ0) is 18.1. The second kappa shape index (κ2) is 12.1. The van der Waals surface area contributed by atoms with Crippen LogP contribution in [0.25, 0.3) is 0 Å². The molecule has 0 atom stereocenters. The third kappa shape index (κ3) is 7.90. The number of likely N-dealkylation sites (N-methyl/N-ethyl adjacent to an activating group) is 1. The quantitative estimate of drug-likeness (QED) is 0.333. The summed E-state index contributed by atoms with van der Waals surface area (Å²) in [6, 6.07) is 9.06. The molecule has 7 heteroatoms. The van der Waals surface area contributed by atoms with E-state index in [9.17, 15) is 4.79 Å². The van der Waals surface area contributed by atoms with Crippen LogP contribution in [0.2, 0.25) is 0 Å². The molecule has 6 nitrogen and oxygen atoms in total. The van der Waals surface area contributed by atoms with Gasteiger partial charge in [0.05, 0.1) is 6.54 Å². The molecule has 1 aromatic carbocycles. The van der Waals surface area contributed by atoms with Crippen LogP contribution >= 0.6 is 24.0 Å². The van der Waals surface area contributed by atoms with Gasteiger partial charge in [-0.2, -0.15) is 0 Å². The van der Waals surface area contributed by atoms with Crippen LogP contribution in [0, 0.1) is 6.92 Å². The first kappa shape index (κ1) is 22.7. The van der Waals surface area contributed by atoms with E-state index in [0.29, 0.717) is 12.6 Å². The number of piperidine rings is 1. The molecule has 2 rings (SSSR count). The van der Waals surface area contributed by atoms with E-state index in [4.69, 9.17) is 0 Å². The standard InChI is InChI=1S/C19H31N5O.HI/c1-15-4-6-16(7-5-15)8-11-22-19(21-3)23-17-9-12-24(13-10-17)14-18(25)20-2;/h4-7,17H,8-14H2,1-3H3,(H,20,25)(H2,21,22,23);1H. The van der Waals surface area contributed by atoms with Crippen molar-refractivity contribution in [2.75, 3.05) is 40.3 Å². The van der Waals surface area contributed by atoms with Gasteiger partial charge in [0.15, 0.2) is 5.96 Å². The largest absolute Gasteiger partial charge is 0.358 e. The van der Waals surface area contributed by atoms with Crippen molar-refractivity contribution in [2.45, 2.75) is 32.2 Å². The summed E-state index contributed by atoms with van der Waals surface area (Å²) >= 11 is 0. The maximum Gasteiger partial charge on any atom is 0.233 e. The summed E-state index contributed by atoms with van der Waals surface area (Å²) in [6.45, 7) is 5.33. The Morgan fingerprint density at radius 2 is 1.88 bits per heavy atom. The highest BCUT2D eigenvalue weighted by Gasteiger charge is 2.21. The molecule has 0 saturated carbocycles. The summed E-state index contributed by atoms with van der Waals surface area (Å²) in [6.07, 6.45) is 3.02. The number of hydrogen-bond donors (Lipinski definition) is 3. The van der Waals surface area contributed by atoms with Crippen LogP contribution in [0.3, 0.4) is 0 Å². The number of amides is 1. The van der Waals surface area contributed by atoms with Gasteiger partial charge >= 0.3 is 0 Å². The number of benzene rings is 1. The van der Waals surface area contributed by atoms with Crippen LogP contribution in [0.4, 0.5) is 0 Å². The van der Waals surface area contributed by atoms with Gasteiger partial charge in [-0.15, -0.1) is 24.0 Å². The van der Waals surface area contributed by atoms with Gasteiger partial charge in [-0.25, -0.2) is 0 Å². The molecule has 1 amide bonds. The fourth-order valence-corrected chi connectivity index (χ4v) is 2.99. The maximum absolute atomic E-state index is 11.4. The number of hydrogen-bond acceptors (Lipinski definition) is 3. The molecule has 3 N–H and O–H groups in total. The Bertz CT molecular complexity index is 568. The highest BCUT2D eigenvalue weighted by atomic mass is 127. The van der Waals surface area contributed by atoms with Crippen molar-refractivity contribution < 1.29 is 4.79 Å². The van der Waals surface area contributed by atoms with Crippen LogP contribution < -0.4 is 16.0 Å². The summed E-state index contributed by atoms with van der Waals surface area (Å²) in [5.74, 6) is 0.942. The summed E-state index contributed by atoms with van der Waals surface area (Å²) in [7, 11) is 3.49. The number of nitrogens with one attached hydrogen (secondary N) is 3. The first-order chi connectivity index (χ1) is 12.1. The molecule has 0 radical (unpaired) electrons. The van der Waals surface area contributed by atoms with E-state index in [-0.39, 0.29) is 29.9 Å². The fourth-order valence-electron chi connectivity index (χ4n) is 2.99. The van der Waals surface area contributed by atoms with Gasteiger partial charge in [0, 0.05) is 39.8 Å². The average Bonchev–Trinajstić information content (AvgIpc) is 2.63. The van der Waals surface area contributed by atoms with Gasteiger partial charge in [-0.05, 0) is 31.7 Å². The molecule has 0 bridgehead atoms. The molecular formula is C19H32IN5O. The molecule has 1 heterocycles. The highest BCUT2D eigenvalue weighted by molar-refractivity contribution is 14.0. The topological polar surface area (TPSA) is 68.8 Å². The van der Waals surface area contributed by atoms with Crippen molar-refractivity contribution in [2.24, 2.45) is 4.99 Å². The average molecular weight is 473 g/mol. The molecule has 1 saturated heterocycles. The SMILES string of the molecule is CN=C(NCCc1ccc(C)cc1)NC1CCN(CC(=O)NC)CC1.I. The van der Waals surface area contributed by atoms with E-state index in [2.05, 4.69) is 57.0 Å². The number of halogens is 1. The molecule has 1 aliphatic heterocycles. The molecule has 1 aromatic rings. The second-order valence-corrected chi connectivity index (χ2v) is 6.60. The van der Waals surface area contributed by atoms with Crippen molar-refractivity contribution in [1.82, 2.24) is 20.9 Å². The second-order valence-electron chi connectivity index (χ2n) is 6.60. The Morgan fingerprint density at radius 1 is 1.23 bits per heavy atom. The normalized spacial score (nSPS) is 15.9. The van der Waals surface area contributed by atoms with Gasteiger partial charge in [-0.1, -0.05) is 29.8 Å². The van der Waals surface area contributed by atoms with Gasteiger partial charge in [-0.3, -0.25) is 14.7 Å². The molecule has 26 heavy (non-hydrogen) atoms. The molecule has 0 aromatic heterocycles. The molecule has 0 unspecified atom stereocenters. The number of nitrogens with zero attached hydrogens (tertiary/aromatic N) is 2. The molecule has 1 aliphatic rings. The van der Waals surface area contributed by atoms with Crippen molar-refractivity contribution in [3.8, 4) is 0 Å². The summed E-state index contributed by atoms with van der Waals surface area (Å²) in [4.78, 5) is 18.0. The minimum absolute atomic E-state index is 0. The van der Waals surface area contributed by atoms with Crippen LogP contribution in [-0.4, -0.2) is 63.1 Å². The van der Waals surface area contributed by atoms with Crippen LogP contribution in [0.15, 0.2) is 29.3 Å². The molecule has 146 valence electrons. The van der Waals surface area contributed by atoms with Crippen molar-refractivity contribution >= 4 is 35.8 Å². The van der Waals surface area contributed by atoms with E-state index in [0.717, 1.165) is 44.9 Å². The summed E-state index contributed by atoms with van der Waals surface area (Å²) < 4.78 is 0. The number of aryl methyl sites for hydroxylation is 1. The lowest BCUT2D eigenvalue weighted by atomic mass is 10.1. The Labute approximate surface area is 174 Å². The van der Waals surface area contributed by atoms with Gasteiger partial charge in [0.2, 0.25) is 5.91 Å². The van der Waals surface area contributed by atoms with Crippen molar-refractivity contribution in [3.63, 3.8) is 0 Å². The third-order valence-electron chi connectivity index (χ3n) is 4.62. The molecule has 1 fully saturated rings. The van der Waals surface area contributed by atoms with E-state index >= 15 is 0 Å². The predicted octanol–water partition coefficient (Wildman–Crippen LogP) is 1.53. The summed E-state index contributed by atoms with van der Waals surface area (Å²) in [5, 5.41) is 9.57. The third-order valence-corrected chi connectivity index (χ3v) is 4.62. The number of rotatable bonds is 6. The Kier molecular flexibility index (Phi) is 10.6. The minimum atomic E-state index is 0. The van der Waals surface area contributed by atoms with Gasteiger partial charge in [0.25, 0.3) is 0 Å². The lowest BCUT2D eigenvalue weighted by Crippen LogP contribution is -2.50. The number of aliphatic imine (C=N–C) groups is 1. The van der Waals surface area contributed by atoms with Gasteiger partial charge < -0.3 is 16.0 Å². The zero-order valence-electron chi connectivity index (χ0n) is 16.0. The van der Waals surface area contributed by atoms with Crippen molar-refractivity contribution in [1.29, 1.82) is 0 Å². The zero-order valence-corrected chi connectivity index (χ0v) is 18.4. The Morgan fingerprint density at radius 3 is 2.46 bits per heavy atom.